The van der Waals surface area contributed by atoms with Gasteiger partial charge in [0.05, 0.1) is 18.8 Å². The van der Waals surface area contributed by atoms with Crippen LogP contribution in [0, 0.1) is 6.92 Å². The summed E-state index contributed by atoms with van der Waals surface area (Å²) in [5.74, 6) is -0.256. The first-order valence-electron chi connectivity index (χ1n) is 7.94. The Balaban J connectivity index is 2.06. The van der Waals surface area contributed by atoms with Gasteiger partial charge in [0.2, 0.25) is 0 Å². The lowest BCUT2D eigenvalue weighted by Gasteiger charge is -2.31. The SMILES string of the molecule is Cc1cc(C(F)F)n2ncc(C(=O)N(C(C)C)C3CCOC3)c2n1. The first kappa shape index (κ1) is 16.8. The van der Waals surface area contributed by atoms with Crippen molar-refractivity contribution in [3.05, 3.63) is 29.2 Å². The van der Waals surface area contributed by atoms with Gasteiger partial charge in [-0.25, -0.2) is 18.3 Å². The molecule has 1 aliphatic heterocycles. The number of nitrogens with zero attached hydrogens (tertiary/aromatic N) is 4. The van der Waals surface area contributed by atoms with Gasteiger partial charge in [-0.15, -0.1) is 0 Å². The predicted octanol–water partition coefficient (Wildman–Crippen LogP) is 2.61. The molecule has 0 bridgehead atoms. The van der Waals surface area contributed by atoms with Gasteiger partial charge in [-0.3, -0.25) is 4.79 Å². The minimum atomic E-state index is -2.69. The largest absolute Gasteiger partial charge is 0.379 e. The summed E-state index contributed by atoms with van der Waals surface area (Å²) < 4.78 is 32.9. The van der Waals surface area contributed by atoms with Crippen LogP contribution in [0.2, 0.25) is 0 Å². The molecule has 1 fully saturated rings. The lowest BCUT2D eigenvalue weighted by atomic mass is 10.1. The van der Waals surface area contributed by atoms with Crippen LogP contribution < -0.4 is 0 Å². The van der Waals surface area contributed by atoms with Crippen LogP contribution in [-0.2, 0) is 4.74 Å². The number of aryl methyl sites for hydroxylation is 1. The van der Waals surface area contributed by atoms with E-state index in [2.05, 4.69) is 10.1 Å². The number of hydrogen-bond acceptors (Lipinski definition) is 4. The number of halogens is 2. The Hall–Kier alpha value is -2.09. The van der Waals surface area contributed by atoms with Crippen LogP contribution in [0.5, 0.6) is 0 Å². The lowest BCUT2D eigenvalue weighted by Crippen LogP contribution is -2.45. The summed E-state index contributed by atoms with van der Waals surface area (Å²) in [6.45, 7) is 6.56. The molecule has 0 spiro atoms. The van der Waals surface area contributed by atoms with Gasteiger partial charge in [0.1, 0.15) is 11.3 Å². The highest BCUT2D eigenvalue weighted by atomic mass is 19.3. The van der Waals surface area contributed by atoms with E-state index in [0.29, 0.717) is 18.9 Å². The zero-order valence-electron chi connectivity index (χ0n) is 13.9. The number of ether oxygens (including phenoxy) is 1. The predicted molar refractivity (Wildman–Crippen MR) is 83.2 cm³/mol. The van der Waals surface area contributed by atoms with E-state index in [1.807, 2.05) is 13.8 Å². The molecule has 3 rings (SSSR count). The molecule has 6 nitrogen and oxygen atoms in total. The Morgan fingerprint density at radius 1 is 1.46 bits per heavy atom. The fourth-order valence-corrected chi connectivity index (χ4v) is 3.12. The smallest absolute Gasteiger partial charge is 0.280 e. The van der Waals surface area contributed by atoms with Gasteiger partial charge >= 0.3 is 0 Å². The Labute approximate surface area is 138 Å². The van der Waals surface area contributed by atoms with E-state index in [0.717, 1.165) is 10.9 Å². The number of alkyl halides is 2. The number of rotatable bonds is 4. The molecule has 0 aromatic carbocycles. The van der Waals surface area contributed by atoms with Gasteiger partial charge in [-0.2, -0.15) is 5.10 Å². The van der Waals surface area contributed by atoms with Crippen LogP contribution in [0.15, 0.2) is 12.3 Å². The minimum Gasteiger partial charge on any atom is -0.379 e. The lowest BCUT2D eigenvalue weighted by molar-refractivity contribution is 0.0583. The maximum absolute atomic E-state index is 13.2. The van der Waals surface area contributed by atoms with E-state index >= 15 is 0 Å². The molecule has 1 unspecified atom stereocenters. The van der Waals surface area contributed by atoms with Crippen molar-refractivity contribution in [3.63, 3.8) is 0 Å². The monoisotopic (exact) mass is 338 g/mol. The quantitative estimate of drug-likeness (QED) is 0.860. The summed E-state index contributed by atoms with van der Waals surface area (Å²) >= 11 is 0. The average Bonchev–Trinajstić information content (AvgIpc) is 3.15. The first-order valence-corrected chi connectivity index (χ1v) is 7.94. The Morgan fingerprint density at radius 2 is 2.21 bits per heavy atom. The summed E-state index contributed by atoms with van der Waals surface area (Å²) in [6, 6.07) is 1.22. The molecule has 0 radical (unpaired) electrons. The molecular weight excluding hydrogens is 318 g/mol. The van der Waals surface area contributed by atoms with Gasteiger partial charge in [0.15, 0.2) is 5.65 Å². The van der Waals surface area contributed by atoms with Crippen molar-refractivity contribution in [2.75, 3.05) is 13.2 Å². The van der Waals surface area contributed by atoms with Crippen LogP contribution in [0.1, 0.15) is 48.4 Å². The Kier molecular flexibility index (Phi) is 4.49. The van der Waals surface area contributed by atoms with E-state index in [9.17, 15) is 13.6 Å². The summed E-state index contributed by atoms with van der Waals surface area (Å²) in [4.78, 5) is 19.0. The average molecular weight is 338 g/mol. The Bertz CT molecular complexity index is 754. The van der Waals surface area contributed by atoms with E-state index < -0.39 is 6.43 Å². The highest BCUT2D eigenvalue weighted by molar-refractivity contribution is 6.00. The second kappa shape index (κ2) is 6.43. The second-order valence-electron chi connectivity index (χ2n) is 6.24. The zero-order valence-corrected chi connectivity index (χ0v) is 13.9. The van der Waals surface area contributed by atoms with E-state index in [1.54, 1.807) is 11.8 Å². The van der Waals surface area contributed by atoms with Crippen LogP contribution in [0.4, 0.5) is 8.78 Å². The number of hydrogen-bond donors (Lipinski definition) is 0. The van der Waals surface area contributed by atoms with Crippen LogP contribution in [0.25, 0.3) is 5.65 Å². The third-order valence-electron chi connectivity index (χ3n) is 4.17. The highest BCUT2D eigenvalue weighted by Gasteiger charge is 2.32. The molecule has 8 heteroatoms. The van der Waals surface area contributed by atoms with Gasteiger partial charge in [-0.05, 0) is 33.3 Å². The molecule has 3 heterocycles. The first-order chi connectivity index (χ1) is 11.4. The molecule has 2 aromatic rings. The van der Waals surface area contributed by atoms with Crippen molar-refractivity contribution in [1.82, 2.24) is 19.5 Å². The number of carbonyl (C=O) groups excluding carboxylic acids is 1. The van der Waals surface area contributed by atoms with Crippen LogP contribution >= 0.6 is 0 Å². The van der Waals surface area contributed by atoms with Crippen molar-refractivity contribution in [2.24, 2.45) is 0 Å². The zero-order chi connectivity index (χ0) is 17.4. The van der Waals surface area contributed by atoms with E-state index in [1.165, 1.54) is 12.3 Å². The van der Waals surface area contributed by atoms with Gasteiger partial charge < -0.3 is 9.64 Å². The number of carbonyl (C=O) groups is 1. The highest BCUT2D eigenvalue weighted by Crippen LogP contribution is 2.24. The molecule has 0 N–H and O–H groups in total. The molecule has 2 aromatic heterocycles. The van der Waals surface area contributed by atoms with Crippen LogP contribution in [-0.4, -0.2) is 50.7 Å². The van der Waals surface area contributed by atoms with Crippen LogP contribution in [0.3, 0.4) is 0 Å². The minimum absolute atomic E-state index is 0.0215. The third kappa shape index (κ3) is 2.86. The summed E-state index contributed by atoms with van der Waals surface area (Å²) in [7, 11) is 0. The molecule has 130 valence electrons. The maximum Gasteiger partial charge on any atom is 0.280 e. The van der Waals surface area contributed by atoms with Crippen molar-refractivity contribution in [1.29, 1.82) is 0 Å². The van der Waals surface area contributed by atoms with Crippen molar-refractivity contribution >= 4 is 11.6 Å². The molecule has 1 atom stereocenters. The molecule has 1 saturated heterocycles. The van der Waals surface area contributed by atoms with Crippen molar-refractivity contribution in [2.45, 2.75) is 45.7 Å². The molecule has 1 amide bonds. The maximum atomic E-state index is 13.2. The molecular formula is C16H20F2N4O2. The summed E-state index contributed by atoms with van der Waals surface area (Å²) in [5, 5.41) is 3.97. The van der Waals surface area contributed by atoms with E-state index in [4.69, 9.17) is 4.74 Å². The summed E-state index contributed by atoms with van der Waals surface area (Å²) in [5.41, 5.74) is 0.561. The topological polar surface area (TPSA) is 59.7 Å². The number of aromatic nitrogens is 3. The molecule has 0 saturated carbocycles. The number of fused-ring (bicyclic) bond motifs is 1. The molecule has 1 aliphatic rings. The van der Waals surface area contributed by atoms with Crippen molar-refractivity contribution < 1.29 is 18.3 Å². The van der Waals surface area contributed by atoms with Gasteiger partial charge in [0, 0.05) is 18.3 Å². The Morgan fingerprint density at radius 3 is 2.79 bits per heavy atom. The number of amides is 1. The fourth-order valence-electron chi connectivity index (χ4n) is 3.12. The third-order valence-corrected chi connectivity index (χ3v) is 4.17. The molecule has 24 heavy (non-hydrogen) atoms. The van der Waals surface area contributed by atoms with Gasteiger partial charge in [0.25, 0.3) is 12.3 Å². The van der Waals surface area contributed by atoms with E-state index in [-0.39, 0.29) is 34.9 Å². The normalized spacial score (nSPS) is 18.0. The van der Waals surface area contributed by atoms with Gasteiger partial charge in [-0.1, -0.05) is 0 Å². The summed E-state index contributed by atoms with van der Waals surface area (Å²) in [6.07, 6.45) is -0.611. The fraction of sp³-hybridized carbons (Fsp3) is 0.562. The second-order valence-corrected chi connectivity index (χ2v) is 6.24. The standard InChI is InChI=1S/C16H20F2N4O2/c1-9(2)21(11-4-5-24-8-11)16(23)12-7-19-22-13(14(17)18)6-10(3)20-15(12)22/h6-7,9,11,14H,4-5,8H2,1-3H3. The van der Waals surface area contributed by atoms with Crippen molar-refractivity contribution in [3.8, 4) is 0 Å². The molecule has 0 aliphatic carbocycles.